The fourth-order valence-corrected chi connectivity index (χ4v) is 4.94. The van der Waals surface area contributed by atoms with Crippen LogP contribution in [0, 0.1) is 0 Å². The van der Waals surface area contributed by atoms with Crippen LogP contribution >= 0.6 is 0 Å². The zero-order chi connectivity index (χ0) is 26.0. The first-order valence-corrected chi connectivity index (χ1v) is 13.4. The van der Waals surface area contributed by atoms with Crippen molar-refractivity contribution >= 4 is 27.6 Å². The summed E-state index contributed by atoms with van der Waals surface area (Å²) in [5.41, 5.74) is 0.370. The third-order valence-corrected chi connectivity index (χ3v) is 7.38. The zero-order valence-electron chi connectivity index (χ0n) is 20.1. The molecule has 2 aromatic carbocycles. The van der Waals surface area contributed by atoms with Crippen molar-refractivity contribution < 1.29 is 32.3 Å². The number of carbonyl (C=O) groups excluding carboxylic acids is 3. The first-order chi connectivity index (χ1) is 17.3. The number of methoxy groups -OCH3 is 1. The molecule has 0 saturated heterocycles. The van der Waals surface area contributed by atoms with Crippen molar-refractivity contribution in [3.63, 3.8) is 0 Å². The van der Waals surface area contributed by atoms with Gasteiger partial charge in [0.15, 0.2) is 9.84 Å². The number of hydrogen-bond acceptors (Lipinski definition) is 7. The Morgan fingerprint density at radius 3 is 2.61 bits per heavy atom. The van der Waals surface area contributed by atoms with E-state index in [1.165, 1.54) is 19.2 Å². The van der Waals surface area contributed by atoms with Gasteiger partial charge in [-0.05, 0) is 43.5 Å². The van der Waals surface area contributed by atoms with E-state index in [9.17, 15) is 22.8 Å². The average molecular weight is 518 g/mol. The van der Waals surface area contributed by atoms with E-state index in [2.05, 4.69) is 16.0 Å². The second-order valence-electron chi connectivity index (χ2n) is 8.26. The van der Waals surface area contributed by atoms with Crippen LogP contribution in [0.5, 0.6) is 11.5 Å². The van der Waals surface area contributed by atoms with E-state index in [-0.39, 0.29) is 42.0 Å². The van der Waals surface area contributed by atoms with Crippen molar-refractivity contribution in [2.45, 2.75) is 36.6 Å². The zero-order valence-corrected chi connectivity index (χ0v) is 20.9. The van der Waals surface area contributed by atoms with Crippen LogP contribution in [-0.2, 0) is 19.4 Å². The smallest absolute Gasteiger partial charge is 0.255 e. The summed E-state index contributed by atoms with van der Waals surface area (Å²) in [5, 5.41) is 8.22. The highest BCUT2D eigenvalue weighted by atomic mass is 32.2. The Labute approximate surface area is 210 Å². The molecule has 36 heavy (non-hydrogen) atoms. The van der Waals surface area contributed by atoms with Gasteiger partial charge in [0.05, 0.1) is 29.9 Å². The molecule has 0 spiro atoms. The number of benzene rings is 2. The number of sulfone groups is 1. The number of ether oxygens (including phenoxy) is 2. The molecule has 2 aromatic rings. The molecular weight excluding hydrogens is 486 g/mol. The topological polar surface area (TPSA) is 140 Å². The fourth-order valence-electron chi connectivity index (χ4n) is 3.67. The third kappa shape index (κ3) is 7.70. The standard InChI is InChI=1S/C25H31N3O7S/c1-34-18-10-11-20-22(17-18)35-15-14-27-25(31)21(9-5-6-13-26-24(20)30)28-23(29)12-16-36(32,33)19-7-3-2-4-8-19/h2-4,7-8,10-11,17,21H,5-6,9,12-16H2,1H3,(H,26,30)(H,27,31)(H,28,29)/t21-/m0/s1. The normalized spacial score (nSPS) is 17.4. The fraction of sp³-hybridized carbons (Fsp3) is 0.400. The van der Waals surface area contributed by atoms with E-state index in [1.807, 2.05) is 0 Å². The molecular formula is C25H31N3O7S. The number of nitrogens with one attached hydrogen (secondary N) is 3. The molecule has 11 heteroatoms. The average Bonchev–Trinajstić information content (AvgIpc) is 2.88. The van der Waals surface area contributed by atoms with Gasteiger partial charge in [-0.1, -0.05) is 18.2 Å². The SMILES string of the molecule is COc1ccc2c(c1)OCCNC(=O)[C@@H](NC(=O)CCS(=O)(=O)c1ccccc1)CCCCNC2=O. The maximum absolute atomic E-state index is 12.8. The van der Waals surface area contributed by atoms with Crippen molar-refractivity contribution in [2.24, 2.45) is 0 Å². The largest absolute Gasteiger partial charge is 0.497 e. The van der Waals surface area contributed by atoms with Crippen LogP contribution in [0.15, 0.2) is 53.4 Å². The predicted octanol–water partition coefficient (Wildman–Crippen LogP) is 1.45. The number of hydrogen-bond donors (Lipinski definition) is 3. The summed E-state index contributed by atoms with van der Waals surface area (Å²) in [5.74, 6) is -0.685. The van der Waals surface area contributed by atoms with Gasteiger partial charge in [-0.2, -0.15) is 0 Å². The Morgan fingerprint density at radius 2 is 1.86 bits per heavy atom. The molecule has 3 amide bonds. The third-order valence-electron chi connectivity index (χ3n) is 5.65. The summed E-state index contributed by atoms with van der Waals surface area (Å²) in [6.07, 6.45) is 1.22. The number of carbonyl (C=O) groups is 3. The Morgan fingerprint density at radius 1 is 1.08 bits per heavy atom. The van der Waals surface area contributed by atoms with Crippen LogP contribution in [0.4, 0.5) is 0 Å². The van der Waals surface area contributed by atoms with E-state index in [0.717, 1.165) is 0 Å². The first kappa shape index (κ1) is 27.0. The van der Waals surface area contributed by atoms with Gasteiger partial charge in [0, 0.05) is 19.0 Å². The van der Waals surface area contributed by atoms with Gasteiger partial charge in [0.25, 0.3) is 5.91 Å². The molecule has 10 nitrogen and oxygen atoms in total. The van der Waals surface area contributed by atoms with E-state index in [0.29, 0.717) is 42.9 Å². The highest BCUT2D eigenvalue weighted by Gasteiger charge is 2.23. The Kier molecular flexibility index (Phi) is 9.69. The molecule has 0 bridgehead atoms. The Balaban J connectivity index is 1.60. The van der Waals surface area contributed by atoms with Gasteiger partial charge in [-0.3, -0.25) is 14.4 Å². The minimum absolute atomic E-state index is 0.0924. The minimum atomic E-state index is -3.61. The molecule has 3 N–H and O–H groups in total. The predicted molar refractivity (Wildman–Crippen MR) is 133 cm³/mol. The first-order valence-electron chi connectivity index (χ1n) is 11.7. The Hall–Kier alpha value is -3.60. The molecule has 1 heterocycles. The summed E-state index contributed by atoms with van der Waals surface area (Å²) in [6, 6.07) is 12.0. The van der Waals surface area contributed by atoms with Crippen molar-refractivity contribution in [3.8, 4) is 11.5 Å². The van der Waals surface area contributed by atoms with Crippen molar-refractivity contribution in [3.05, 3.63) is 54.1 Å². The van der Waals surface area contributed by atoms with Crippen LogP contribution in [0.2, 0.25) is 0 Å². The lowest BCUT2D eigenvalue weighted by Gasteiger charge is -2.20. The maximum atomic E-state index is 12.8. The van der Waals surface area contributed by atoms with Crippen LogP contribution < -0.4 is 25.4 Å². The van der Waals surface area contributed by atoms with Gasteiger partial charge < -0.3 is 25.4 Å². The van der Waals surface area contributed by atoms with Gasteiger partial charge in [0.1, 0.15) is 24.1 Å². The van der Waals surface area contributed by atoms with Gasteiger partial charge in [0.2, 0.25) is 11.8 Å². The van der Waals surface area contributed by atoms with Crippen LogP contribution in [-0.4, -0.2) is 64.7 Å². The molecule has 0 unspecified atom stereocenters. The Bertz CT molecular complexity index is 1170. The van der Waals surface area contributed by atoms with Crippen LogP contribution in [0.3, 0.4) is 0 Å². The molecule has 0 fully saturated rings. The highest BCUT2D eigenvalue weighted by molar-refractivity contribution is 7.91. The molecule has 1 atom stereocenters. The molecule has 0 saturated carbocycles. The van der Waals surface area contributed by atoms with Crippen molar-refractivity contribution in [1.82, 2.24) is 16.0 Å². The van der Waals surface area contributed by atoms with Gasteiger partial charge in [-0.25, -0.2) is 8.42 Å². The molecule has 3 rings (SSSR count). The quantitative estimate of drug-likeness (QED) is 0.527. The summed E-state index contributed by atoms with van der Waals surface area (Å²) >= 11 is 0. The second-order valence-corrected chi connectivity index (χ2v) is 10.4. The molecule has 0 radical (unpaired) electrons. The lowest BCUT2D eigenvalue weighted by Crippen LogP contribution is -2.48. The van der Waals surface area contributed by atoms with E-state index >= 15 is 0 Å². The minimum Gasteiger partial charge on any atom is -0.497 e. The van der Waals surface area contributed by atoms with E-state index < -0.39 is 21.8 Å². The molecule has 1 aliphatic rings. The van der Waals surface area contributed by atoms with E-state index in [1.54, 1.807) is 36.4 Å². The monoisotopic (exact) mass is 517 g/mol. The molecule has 194 valence electrons. The van der Waals surface area contributed by atoms with Gasteiger partial charge in [-0.15, -0.1) is 0 Å². The summed E-state index contributed by atoms with van der Waals surface area (Å²) < 4.78 is 35.8. The molecule has 0 aromatic heterocycles. The summed E-state index contributed by atoms with van der Waals surface area (Å²) in [4.78, 5) is 38.0. The highest BCUT2D eigenvalue weighted by Crippen LogP contribution is 2.25. The number of amides is 3. The second kappa shape index (κ2) is 12.9. The maximum Gasteiger partial charge on any atom is 0.255 e. The van der Waals surface area contributed by atoms with E-state index in [4.69, 9.17) is 9.47 Å². The molecule has 1 aliphatic heterocycles. The van der Waals surface area contributed by atoms with Crippen molar-refractivity contribution in [1.29, 1.82) is 0 Å². The van der Waals surface area contributed by atoms with Crippen LogP contribution in [0.1, 0.15) is 36.0 Å². The lowest BCUT2D eigenvalue weighted by molar-refractivity contribution is -0.129. The summed E-state index contributed by atoms with van der Waals surface area (Å²) in [6.45, 7) is 0.614. The van der Waals surface area contributed by atoms with Crippen molar-refractivity contribution in [2.75, 3.05) is 32.6 Å². The number of rotatable bonds is 6. The van der Waals surface area contributed by atoms with Gasteiger partial charge >= 0.3 is 0 Å². The van der Waals surface area contributed by atoms with Crippen LogP contribution in [0.25, 0.3) is 0 Å². The molecule has 0 aliphatic carbocycles. The summed E-state index contributed by atoms with van der Waals surface area (Å²) in [7, 11) is -2.10. The lowest BCUT2D eigenvalue weighted by atomic mass is 10.1. The number of fused-ring (bicyclic) bond motifs is 1.